The van der Waals surface area contributed by atoms with E-state index in [1.807, 2.05) is 12.1 Å². The first-order chi connectivity index (χ1) is 12.1. The van der Waals surface area contributed by atoms with E-state index in [1.54, 1.807) is 12.1 Å². The fourth-order valence-corrected chi connectivity index (χ4v) is 4.01. The molecule has 2 amide bonds. The van der Waals surface area contributed by atoms with Gasteiger partial charge in [0, 0.05) is 24.7 Å². The van der Waals surface area contributed by atoms with Gasteiger partial charge in [0.2, 0.25) is 11.8 Å². The Balaban J connectivity index is 1.51. The van der Waals surface area contributed by atoms with E-state index in [4.69, 9.17) is 5.73 Å². The summed E-state index contributed by atoms with van der Waals surface area (Å²) in [6.07, 6.45) is 8.09. The van der Waals surface area contributed by atoms with E-state index in [9.17, 15) is 9.59 Å². The number of piperidine rings is 1. The molecule has 25 heavy (non-hydrogen) atoms. The molecular weight excluding hydrogens is 314 g/mol. The van der Waals surface area contributed by atoms with Crippen LogP contribution in [-0.4, -0.2) is 35.8 Å². The highest BCUT2D eigenvalue weighted by Gasteiger charge is 2.27. The van der Waals surface area contributed by atoms with Crippen LogP contribution in [0, 0.1) is 5.92 Å². The van der Waals surface area contributed by atoms with Gasteiger partial charge in [0.15, 0.2) is 0 Å². The SMILES string of the molecule is NC(=O)c1ccc(CN2CCC[C@H](C(=O)NC3CCCCC3)C2)cc1. The molecule has 1 aromatic rings. The number of hydrogen-bond acceptors (Lipinski definition) is 3. The van der Waals surface area contributed by atoms with Crippen LogP contribution in [0.2, 0.25) is 0 Å². The maximum Gasteiger partial charge on any atom is 0.248 e. The summed E-state index contributed by atoms with van der Waals surface area (Å²) in [6, 6.07) is 7.83. The number of likely N-dealkylation sites (tertiary alicyclic amines) is 1. The molecule has 0 radical (unpaired) electrons. The van der Waals surface area contributed by atoms with E-state index in [1.165, 1.54) is 19.3 Å². The van der Waals surface area contributed by atoms with Crippen molar-refractivity contribution in [1.82, 2.24) is 10.2 Å². The normalized spacial score (nSPS) is 22.5. The zero-order valence-corrected chi connectivity index (χ0v) is 14.9. The smallest absolute Gasteiger partial charge is 0.248 e. The molecule has 3 rings (SSSR count). The van der Waals surface area contributed by atoms with Crippen molar-refractivity contribution in [2.75, 3.05) is 13.1 Å². The second kappa shape index (κ2) is 8.48. The largest absolute Gasteiger partial charge is 0.366 e. The molecule has 0 bridgehead atoms. The standard InChI is InChI=1S/C20H29N3O2/c21-19(24)16-10-8-15(9-11-16)13-23-12-4-5-17(14-23)20(25)22-18-6-2-1-3-7-18/h8-11,17-18H,1-7,12-14H2,(H2,21,24)(H,22,25)/t17-/m0/s1. The molecular formula is C20H29N3O2. The number of rotatable bonds is 5. The van der Waals surface area contributed by atoms with Gasteiger partial charge in [-0.3, -0.25) is 14.5 Å². The number of benzene rings is 1. The molecule has 2 fully saturated rings. The summed E-state index contributed by atoms with van der Waals surface area (Å²) < 4.78 is 0. The van der Waals surface area contributed by atoms with Gasteiger partial charge in [0.25, 0.3) is 0 Å². The van der Waals surface area contributed by atoms with Crippen LogP contribution in [0.15, 0.2) is 24.3 Å². The van der Waals surface area contributed by atoms with E-state index in [-0.39, 0.29) is 11.8 Å². The number of nitrogens with one attached hydrogen (secondary N) is 1. The van der Waals surface area contributed by atoms with E-state index in [0.717, 1.165) is 50.9 Å². The number of primary amides is 1. The third kappa shape index (κ3) is 5.05. The third-order valence-corrected chi connectivity index (χ3v) is 5.47. The van der Waals surface area contributed by atoms with E-state index < -0.39 is 5.91 Å². The predicted octanol–water partition coefficient (Wildman–Crippen LogP) is 2.45. The van der Waals surface area contributed by atoms with Gasteiger partial charge >= 0.3 is 0 Å². The quantitative estimate of drug-likeness (QED) is 0.862. The minimum Gasteiger partial charge on any atom is -0.366 e. The number of carbonyl (C=O) groups is 2. The Morgan fingerprint density at radius 1 is 1.04 bits per heavy atom. The summed E-state index contributed by atoms with van der Waals surface area (Å²) in [4.78, 5) is 26.1. The van der Waals surface area contributed by atoms with Crippen LogP contribution in [0.4, 0.5) is 0 Å². The van der Waals surface area contributed by atoms with Gasteiger partial charge in [-0.25, -0.2) is 0 Å². The molecule has 1 aliphatic carbocycles. The first-order valence-corrected chi connectivity index (χ1v) is 9.53. The van der Waals surface area contributed by atoms with Gasteiger partial charge in [0.1, 0.15) is 0 Å². The molecule has 1 aliphatic heterocycles. The summed E-state index contributed by atoms with van der Waals surface area (Å²) in [5, 5.41) is 3.28. The van der Waals surface area contributed by atoms with Crippen molar-refractivity contribution in [1.29, 1.82) is 0 Å². The highest BCUT2D eigenvalue weighted by molar-refractivity contribution is 5.92. The number of carbonyl (C=O) groups excluding carboxylic acids is 2. The number of amides is 2. The van der Waals surface area contributed by atoms with Crippen molar-refractivity contribution in [2.24, 2.45) is 11.7 Å². The summed E-state index contributed by atoms with van der Waals surface area (Å²) >= 11 is 0. The molecule has 136 valence electrons. The fraction of sp³-hybridized carbons (Fsp3) is 0.600. The van der Waals surface area contributed by atoms with E-state index >= 15 is 0 Å². The van der Waals surface area contributed by atoms with Crippen LogP contribution in [0.3, 0.4) is 0 Å². The zero-order valence-electron chi connectivity index (χ0n) is 14.9. The Bertz CT molecular complexity index is 593. The highest BCUT2D eigenvalue weighted by atomic mass is 16.2. The second-order valence-corrected chi connectivity index (χ2v) is 7.48. The molecule has 1 saturated heterocycles. The van der Waals surface area contributed by atoms with Crippen LogP contribution in [0.5, 0.6) is 0 Å². The van der Waals surface area contributed by atoms with Crippen molar-refractivity contribution in [3.63, 3.8) is 0 Å². The summed E-state index contributed by atoms with van der Waals surface area (Å²) in [6.45, 7) is 2.65. The molecule has 1 heterocycles. The van der Waals surface area contributed by atoms with Crippen LogP contribution < -0.4 is 11.1 Å². The predicted molar refractivity (Wildman–Crippen MR) is 98.0 cm³/mol. The lowest BCUT2D eigenvalue weighted by Crippen LogP contribution is -2.46. The summed E-state index contributed by atoms with van der Waals surface area (Å²) in [5.41, 5.74) is 6.97. The minimum absolute atomic E-state index is 0.0977. The molecule has 1 saturated carbocycles. The van der Waals surface area contributed by atoms with Gasteiger partial charge in [0.05, 0.1) is 5.92 Å². The lowest BCUT2D eigenvalue weighted by molar-refractivity contribution is -0.127. The van der Waals surface area contributed by atoms with Crippen molar-refractivity contribution >= 4 is 11.8 Å². The monoisotopic (exact) mass is 343 g/mol. The lowest BCUT2D eigenvalue weighted by Gasteiger charge is -2.33. The van der Waals surface area contributed by atoms with Crippen molar-refractivity contribution in [2.45, 2.75) is 57.5 Å². The van der Waals surface area contributed by atoms with Gasteiger partial charge in [-0.05, 0) is 49.9 Å². The van der Waals surface area contributed by atoms with Crippen LogP contribution in [0.25, 0.3) is 0 Å². The zero-order chi connectivity index (χ0) is 17.6. The van der Waals surface area contributed by atoms with Gasteiger partial charge in [-0.1, -0.05) is 31.4 Å². The van der Waals surface area contributed by atoms with E-state index in [0.29, 0.717) is 11.6 Å². The molecule has 1 atom stereocenters. The highest BCUT2D eigenvalue weighted by Crippen LogP contribution is 2.22. The molecule has 5 nitrogen and oxygen atoms in total. The molecule has 0 unspecified atom stereocenters. The average molecular weight is 343 g/mol. The average Bonchev–Trinajstić information content (AvgIpc) is 2.63. The molecule has 5 heteroatoms. The maximum absolute atomic E-state index is 12.6. The molecule has 0 spiro atoms. The number of nitrogens with two attached hydrogens (primary N) is 1. The Morgan fingerprint density at radius 3 is 2.44 bits per heavy atom. The molecule has 1 aromatic carbocycles. The third-order valence-electron chi connectivity index (χ3n) is 5.47. The van der Waals surface area contributed by atoms with E-state index in [2.05, 4.69) is 10.2 Å². The Kier molecular flexibility index (Phi) is 6.08. The summed E-state index contributed by atoms with van der Waals surface area (Å²) in [7, 11) is 0. The lowest BCUT2D eigenvalue weighted by atomic mass is 9.93. The fourth-order valence-electron chi connectivity index (χ4n) is 4.01. The summed E-state index contributed by atoms with van der Waals surface area (Å²) in [5.74, 6) is -0.0646. The van der Waals surface area contributed by atoms with Crippen LogP contribution in [-0.2, 0) is 11.3 Å². The number of nitrogens with zero attached hydrogens (tertiary/aromatic N) is 1. The Morgan fingerprint density at radius 2 is 1.76 bits per heavy atom. The van der Waals surface area contributed by atoms with Crippen molar-refractivity contribution < 1.29 is 9.59 Å². The molecule has 2 aliphatic rings. The molecule has 3 N–H and O–H groups in total. The second-order valence-electron chi connectivity index (χ2n) is 7.48. The Labute approximate surface area is 150 Å². The minimum atomic E-state index is -0.399. The first kappa shape index (κ1) is 17.9. The molecule has 0 aromatic heterocycles. The van der Waals surface area contributed by atoms with Crippen LogP contribution >= 0.6 is 0 Å². The van der Waals surface area contributed by atoms with Gasteiger partial charge in [-0.2, -0.15) is 0 Å². The van der Waals surface area contributed by atoms with Crippen LogP contribution in [0.1, 0.15) is 60.9 Å². The Hall–Kier alpha value is -1.88. The maximum atomic E-state index is 12.6. The topological polar surface area (TPSA) is 75.4 Å². The first-order valence-electron chi connectivity index (χ1n) is 9.53. The van der Waals surface area contributed by atoms with Crippen molar-refractivity contribution in [3.8, 4) is 0 Å². The van der Waals surface area contributed by atoms with Crippen molar-refractivity contribution in [3.05, 3.63) is 35.4 Å². The van der Waals surface area contributed by atoms with Gasteiger partial charge in [-0.15, -0.1) is 0 Å². The number of hydrogen-bond donors (Lipinski definition) is 2. The van der Waals surface area contributed by atoms with Gasteiger partial charge < -0.3 is 11.1 Å².